The number of carbonyl (C=O) groups is 1. The summed E-state index contributed by atoms with van der Waals surface area (Å²) in [6.07, 6.45) is 12.0. The monoisotopic (exact) mass is 1050 g/mol. The van der Waals surface area contributed by atoms with Gasteiger partial charge in [-0.25, -0.2) is 0 Å². The summed E-state index contributed by atoms with van der Waals surface area (Å²) in [5.41, 5.74) is 0. The van der Waals surface area contributed by atoms with Crippen molar-refractivity contribution in [1.29, 1.82) is 0 Å². The second kappa shape index (κ2) is 41.9. The molecule has 2 N–H and O–H groups in total. The Morgan fingerprint density at radius 1 is 0.507 bits per heavy atom. The molecular weight excluding hydrogens is 933 g/mol. The quantitative estimate of drug-likeness (QED) is 0.0436. The van der Waals surface area contributed by atoms with E-state index in [1.165, 1.54) is 44.9 Å². The number of quaternary nitrogens is 2. The molecule has 69 heavy (non-hydrogen) atoms. The van der Waals surface area contributed by atoms with Gasteiger partial charge in [-0.2, -0.15) is 0 Å². The van der Waals surface area contributed by atoms with E-state index in [-0.39, 0.29) is 6.42 Å². The standard InChI is InChI=1S/C38H90N4O10Si3.C12H24O2/c1-39(2)17-23-47-25-19-41(5,6)33-37(43)35-49-29-27-45-21-15-31-53(9,10)51-55(13,14)52-54(11,12)32-16-22-46-28-30-50-36-38(44)34-42(7,8)20-26-48-24-18-40(3)4;1-2-3-4-5-6-7-8-9-10-11-12(13)14/h37-38,43-44H,15-36H2,1-14H3;2-11H2,1H3,(H,13,14)/q+2;/p-1. The average molecular weight is 1050 g/mol. The maximum atomic E-state index is 10.5. The number of aliphatic hydroxyl groups excluding tert-OH is 2. The molecule has 0 aliphatic rings. The molecule has 19 heteroatoms. The smallest absolute Gasteiger partial charge is 0.311 e. The fraction of sp³-hybridized carbons (Fsp3) is 0.980. The number of carboxylic acids is 1. The lowest BCUT2D eigenvalue weighted by molar-refractivity contribution is -0.893. The third kappa shape index (κ3) is 52.2. The minimum Gasteiger partial charge on any atom is -0.550 e. The van der Waals surface area contributed by atoms with Crippen molar-refractivity contribution in [2.75, 3.05) is 175 Å². The normalized spacial score (nSPS) is 13.8. The zero-order chi connectivity index (χ0) is 52.7. The maximum Gasteiger partial charge on any atom is 0.311 e. The van der Waals surface area contributed by atoms with Crippen LogP contribution in [0, 0.1) is 0 Å². The average Bonchev–Trinajstić information content (AvgIpc) is 3.20. The van der Waals surface area contributed by atoms with E-state index in [1.807, 2.05) is 28.2 Å². The SMILES string of the molecule is CCCCCCCCCCCC(=O)[O-].CN(C)CCOCC[N+](C)(C)CC(O)COCCOCCC[Si](C)(C)O[Si](C)(C)O[Si](C)(C)CCCOCCOCC(O)C[N+](C)(C)CCOCCN(C)C. The highest BCUT2D eigenvalue weighted by Gasteiger charge is 2.39. The van der Waals surface area contributed by atoms with Gasteiger partial charge in [-0.3, -0.25) is 0 Å². The first-order chi connectivity index (χ1) is 32.2. The summed E-state index contributed by atoms with van der Waals surface area (Å²) >= 11 is 0. The summed E-state index contributed by atoms with van der Waals surface area (Å²) in [4.78, 5) is 14.3. The van der Waals surface area contributed by atoms with Gasteiger partial charge in [0.1, 0.15) is 38.4 Å². The van der Waals surface area contributed by atoms with Crippen molar-refractivity contribution in [1.82, 2.24) is 9.80 Å². The lowest BCUT2D eigenvalue weighted by Crippen LogP contribution is -2.52. The summed E-state index contributed by atoms with van der Waals surface area (Å²) in [6, 6.07) is 2.02. The van der Waals surface area contributed by atoms with E-state index >= 15 is 0 Å². The summed E-state index contributed by atoms with van der Waals surface area (Å²) in [7, 11) is 10.4. The molecular formula is C50H113N4O12Si3+. The van der Waals surface area contributed by atoms with Crippen LogP contribution in [0.1, 0.15) is 84.0 Å². The molecule has 0 aromatic carbocycles. The van der Waals surface area contributed by atoms with Crippen molar-refractivity contribution >= 4 is 31.2 Å². The molecule has 0 radical (unpaired) electrons. The summed E-state index contributed by atoms with van der Waals surface area (Å²) in [6.45, 7) is 27.2. The molecule has 16 nitrogen and oxygen atoms in total. The van der Waals surface area contributed by atoms with Crippen LogP contribution in [0.5, 0.6) is 0 Å². The molecule has 0 spiro atoms. The molecule has 2 atom stereocenters. The largest absolute Gasteiger partial charge is 0.550 e. The van der Waals surface area contributed by atoms with Crippen LogP contribution in [0.3, 0.4) is 0 Å². The van der Waals surface area contributed by atoms with E-state index in [4.69, 9.17) is 36.7 Å². The number of ether oxygens (including phenoxy) is 6. The number of carbonyl (C=O) groups excluding carboxylic acids is 1. The Morgan fingerprint density at radius 3 is 1.22 bits per heavy atom. The predicted octanol–water partition coefficient (Wildman–Crippen LogP) is 5.67. The van der Waals surface area contributed by atoms with Crippen molar-refractivity contribution in [3.05, 3.63) is 0 Å². The predicted molar refractivity (Wildman–Crippen MR) is 288 cm³/mol. The van der Waals surface area contributed by atoms with Gasteiger partial charge in [0.25, 0.3) is 0 Å². The van der Waals surface area contributed by atoms with E-state index in [2.05, 4.69) is 84.2 Å². The maximum absolute atomic E-state index is 10.5. The number of unbranched alkanes of at least 4 members (excludes halogenated alkanes) is 8. The van der Waals surface area contributed by atoms with Gasteiger partial charge in [-0.1, -0.05) is 58.3 Å². The Bertz CT molecular complexity index is 1120. The fourth-order valence-corrected chi connectivity index (χ4v) is 21.9. The highest BCUT2D eigenvalue weighted by molar-refractivity contribution is 6.87. The first-order valence-corrected chi connectivity index (χ1v) is 35.6. The van der Waals surface area contributed by atoms with E-state index in [1.54, 1.807) is 0 Å². The second-order valence-corrected chi connectivity index (χ2v) is 34.9. The molecule has 416 valence electrons. The van der Waals surface area contributed by atoms with E-state index in [0.29, 0.717) is 88.1 Å². The topological polar surface area (TPSA) is 161 Å². The van der Waals surface area contributed by atoms with Crippen LogP contribution >= 0.6 is 0 Å². The molecule has 0 aliphatic heterocycles. The van der Waals surface area contributed by atoms with Crippen molar-refractivity contribution in [3.63, 3.8) is 0 Å². The van der Waals surface area contributed by atoms with Crippen LogP contribution in [0.25, 0.3) is 0 Å². The first kappa shape index (κ1) is 70.6. The highest BCUT2D eigenvalue weighted by Crippen LogP contribution is 2.26. The minimum absolute atomic E-state index is 0.232. The van der Waals surface area contributed by atoms with Crippen molar-refractivity contribution in [3.8, 4) is 0 Å². The number of aliphatic hydroxyl groups is 2. The van der Waals surface area contributed by atoms with Crippen LogP contribution in [0.4, 0.5) is 0 Å². The highest BCUT2D eigenvalue weighted by atomic mass is 28.5. The van der Waals surface area contributed by atoms with Gasteiger partial charge in [0.15, 0.2) is 16.6 Å². The number of likely N-dealkylation sites (N-methyl/N-ethyl adjacent to an activating group) is 4. The van der Waals surface area contributed by atoms with Gasteiger partial charge in [0.2, 0.25) is 0 Å². The molecule has 0 bridgehead atoms. The lowest BCUT2D eigenvalue weighted by Gasteiger charge is -2.38. The van der Waals surface area contributed by atoms with E-state index in [9.17, 15) is 20.1 Å². The van der Waals surface area contributed by atoms with Crippen molar-refractivity contribution in [2.45, 2.75) is 148 Å². The van der Waals surface area contributed by atoms with Gasteiger partial charge in [0, 0.05) is 32.3 Å². The van der Waals surface area contributed by atoms with Crippen molar-refractivity contribution < 1.29 is 65.7 Å². The van der Waals surface area contributed by atoms with Crippen LogP contribution in [-0.4, -0.2) is 247 Å². The molecule has 0 amide bonds. The lowest BCUT2D eigenvalue weighted by atomic mass is 10.1. The number of carboxylic acid groups (broad SMARTS) is 1. The number of hydrogen-bond acceptors (Lipinski definition) is 14. The molecule has 2 unspecified atom stereocenters. The molecule has 0 aliphatic carbocycles. The van der Waals surface area contributed by atoms with Gasteiger partial charge in [0.05, 0.1) is 94.3 Å². The van der Waals surface area contributed by atoms with E-state index in [0.717, 1.165) is 77.2 Å². The summed E-state index contributed by atoms with van der Waals surface area (Å²) < 4.78 is 49.4. The third-order valence-electron chi connectivity index (χ3n) is 11.5. The Morgan fingerprint density at radius 2 is 0.855 bits per heavy atom. The Labute approximate surface area is 427 Å². The number of hydrogen-bond donors (Lipinski definition) is 2. The molecule has 0 aromatic rings. The zero-order valence-electron chi connectivity index (χ0n) is 47.5. The van der Waals surface area contributed by atoms with E-state index < -0.39 is 43.4 Å². The van der Waals surface area contributed by atoms with Gasteiger partial charge < -0.3 is 75.5 Å². The number of nitrogens with zero attached hydrogens (tertiary/aromatic N) is 4. The Kier molecular flexibility index (Phi) is 42.9. The van der Waals surface area contributed by atoms with Gasteiger partial charge in [-0.05, 0) is 105 Å². The molecule has 0 aromatic heterocycles. The van der Waals surface area contributed by atoms with Crippen molar-refractivity contribution in [2.24, 2.45) is 0 Å². The molecule has 0 rings (SSSR count). The molecule has 0 saturated heterocycles. The fourth-order valence-electron chi connectivity index (χ4n) is 7.86. The second-order valence-electron chi connectivity index (χ2n) is 22.5. The minimum atomic E-state index is -2.30. The third-order valence-corrected chi connectivity index (χ3v) is 23.0. The van der Waals surface area contributed by atoms with Gasteiger partial charge in [-0.15, -0.1) is 0 Å². The van der Waals surface area contributed by atoms with Crippen LogP contribution in [-0.2, 0) is 41.4 Å². The molecule has 0 saturated carbocycles. The molecule has 0 fully saturated rings. The first-order valence-electron chi connectivity index (χ1n) is 26.6. The van der Waals surface area contributed by atoms with Crippen LogP contribution < -0.4 is 5.11 Å². The van der Waals surface area contributed by atoms with Gasteiger partial charge >= 0.3 is 8.56 Å². The number of aliphatic carboxylic acids is 1. The summed E-state index contributed by atoms with van der Waals surface area (Å²) in [5.74, 6) is -0.909. The Hall–Kier alpha value is -0.439. The van der Waals surface area contributed by atoms with Crippen LogP contribution in [0.2, 0.25) is 51.4 Å². The number of rotatable bonds is 48. The van der Waals surface area contributed by atoms with Crippen LogP contribution in [0.15, 0.2) is 0 Å². The zero-order valence-corrected chi connectivity index (χ0v) is 50.5. The molecule has 0 heterocycles. The summed E-state index contributed by atoms with van der Waals surface area (Å²) in [5, 5.41) is 31.0. The Balaban J connectivity index is 0.